The Balaban J connectivity index is 1.67. The van der Waals surface area contributed by atoms with Gasteiger partial charge in [0.2, 0.25) is 0 Å². The number of hydrogen-bond acceptors (Lipinski definition) is 2. The van der Waals surface area contributed by atoms with E-state index in [0.717, 1.165) is 24.5 Å². The van der Waals surface area contributed by atoms with Crippen molar-refractivity contribution >= 4 is 0 Å². The lowest BCUT2D eigenvalue weighted by Gasteiger charge is -2.33. The molecule has 2 heteroatoms. The zero-order valence-corrected chi connectivity index (χ0v) is 11.1. The van der Waals surface area contributed by atoms with Gasteiger partial charge < -0.3 is 5.32 Å². The summed E-state index contributed by atoms with van der Waals surface area (Å²) in [6, 6.07) is 1.49. The van der Waals surface area contributed by atoms with E-state index in [1.807, 2.05) is 0 Å². The highest BCUT2D eigenvalue weighted by Gasteiger charge is 2.27. The lowest BCUT2D eigenvalue weighted by atomic mass is 10.0. The summed E-state index contributed by atoms with van der Waals surface area (Å²) in [5.74, 6) is 3.78. The Morgan fingerprint density at radius 2 is 2.00 bits per heavy atom. The quantitative estimate of drug-likeness (QED) is 0.709. The number of likely N-dealkylation sites (tertiary alicyclic amines) is 1. The Kier molecular flexibility index (Phi) is 4.88. The van der Waals surface area contributed by atoms with Gasteiger partial charge in [-0.2, -0.15) is 0 Å². The first-order valence-corrected chi connectivity index (χ1v) is 7.23. The van der Waals surface area contributed by atoms with Crippen molar-refractivity contribution in [2.75, 3.05) is 19.6 Å². The van der Waals surface area contributed by atoms with Crippen LogP contribution < -0.4 is 5.32 Å². The van der Waals surface area contributed by atoms with Crippen LogP contribution in [0.15, 0.2) is 0 Å². The molecular weight excluding hydrogens is 208 g/mol. The Bertz CT molecular complexity index is 257. The van der Waals surface area contributed by atoms with Crippen LogP contribution in [0.25, 0.3) is 0 Å². The van der Waals surface area contributed by atoms with Gasteiger partial charge in [0, 0.05) is 25.2 Å². The van der Waals surface area contributed by atoms with Gasteiger partial charge in [-0.25, -0.2) is 0 Å². The number of nitrogens with zero attached hydrogens (tertiary/aromatic N) is 1. The van der Waals surface area contributed by atoms with Crippen LogP contribution in [0.2, 0.25) is 0 Å². The molecule has 0 aromatic carbocycles. The molecule has 2 aliphatic rings. The fourth-order valence-electron chi connectivity index (χ4n) is 2.83. The van der Waals surface area contributed by atoms with Crippen LogP contribution in [-0.2, 0) is 0 Å². The van der Waals surface area contributed by atoms with E-state index in [4.69, 9.17) is 6.42 Å². The van der Waals surface area contributed by atoms with Crippen molar-refractivity contribution < 1.29 is 0 Å². The van der Waals surface area contributed by atoms with Crippen molar-refractivity contribution in [1.29, 1.82) is 0 Å². The molecule has 0 bridgehead atoms. The van der Waals surface area contributed by atoms with Crippen LogP contribution in [0.5, 0.6) is 0 Å². The fourth-order valence-corrected chi connectivity index (χ4v) is 2.83. The first-order valence-electron chi connectivity index (χ1n) is 7.23. The minimum absolute atomic E-state index is 0.729. The fraction of sp³-hybridized carbons (Fsp3) is 0.867. The molecule has 0 aromatic heterocycles. The van der Waals surface area contributed by atoms with Crippen LogP contribution >= 0.6 is 0 Å². The van der Waals surface area contributed by atoms with Gasteiger partial charge in [-0.3, -0.25) is 4.90 Å². The van der Waals surface area contributed by atoms with E-state index in [0.29, 0.717) is 0 Å². The third-order valence-electron chi connectivity index (χ3n) is 4.18. The maximum atomic E-state index is 5.35. The Labute approximate surface area is 106 Å². The van der Waals surface area contributed by atoms with Crippen molar-refractivity contribution in [3.63, 3.8) is 0 Å². The van der Waals surface area contributed by atoms with Gasteiger partial charge in [0.25, 0.3) is 0 Å². The molecule has 1 atom stereocenters. The number of rotatable bonds is 6. The third-order valence-corrected chi connectivity index (χ3v) is 4.18. The predicted octanol–water partition coefficient (Wildman–Crippen LogP) is 2.25. The normalized spacial score (nSPS) is 24.5. The first-order chi connectivity index (χ1) is 8.31. The van der Waals surface area contributed by atoms with Crippen LogP contribution in [0.4, 0.5) is 0 Å². The summed E-state index contributed by atoms with van der Waals surface area (Å²) >= 11 is 0. The Morgan fingerprint density at radius 1 is 1.29 bits per heavy atom. The lowest BCUT2D eigenvalue weighted by Crippen LogP contribution is -2.46. The molecule has 2 rings (SSSR count). The van der Waals surface area contributed by atoms with Gasteiger partial charge in [-0.15, -0.1) is 6.42 Å². The summed E-state index contributed by atoms with van der Waals surface area (Å²) in [6.07, 6.45) is 13.5. The molecule has 1 aliphatic heterocycles. The lowest BCUT2D eigenvalue weighted by molar-refractivity contribution is 0.205. The van der Waals surface area contributed by atoms with Gasteiger partial charge >= 0.3 is 0 Å². The zero-order valence-electron chi connectivity index (χ0n) is 11.1. The molecule has 0 spiro atoms. The molecule has 0 radical (unpaired) electrons. The summed E-state index contributed by atoms with van der Waals surface area (Å²) in [7, 11) is 0. The molecule has 1 unspecified atom stereocenters. The number of piperidine rings is 1. The molecule has 0 aromatic rings. The molecule has 96 valence electrons. The van der Waals surface area contributed by atoms with Crippen LogP contribution in [0, 0.1) is 18.3 Å². The highest BCUT2D eigenvalue weighted by Crippen LogP contribution is 2.34. The largest absolute Gasteiger partial charge is 0.311 e. The Hall–Kier alpha value is -0.520. The van der Waals surface area contributed by atoms with Crippen LogP contribution in [0.1, 0.15) is 45.4 Å². The summed E-state index contributed by atoms with van der Waals surface area (Å²) in [5, 5.41) is 3.86. The smallest absolute Gasteiger partial charge is 0.0598 e. The minimum atomic E-state index is 0.729. The minimum Gasteiger partial charge on any atom is -0.311 e. The number of hydrogen-bond donors (Lipinski definition) is 1. The second-order valence-corrected chi connectivity index (χ2v) is 5.71. The van der Waals surface area contributed by atoms with Crippen molar-refractivity contribution in [3.05, 3.63) is 0 Å². The maximum Gasteiger partial charge on any atom is 0.0598 e. The van der Waals surface area contributed by atoms with Crippen LogP contribution in [-0.4, -0.2) is 36.6 Å². The SMILES string of the molecule is C#CCN1CCC(NC(CC)CC2CC2)CC1. The van der Waals surface area contributed by atoms with Crippen LogP contribution in [0.3, 0.4) is 0 Å². The number of nitrogens with one attached hydrogen (secondary N) is 1. The summed E-state index contributed by atoms with van der Waals surface area (Å²) < 4.78 is 0. The number of terminal acetylenes is 1. The maximum absolute atomic E-state index is 5.35. The van der Waals surface area contributed by atoms with Gasteiger partial charge in [-0.1, -0.05) is 25.7 Å². The standard InChI is InChI=1S/C15H26N2/c1-3-9-17-10-7-15(8-11-17)16-14(4-2)12-13-5-6-13/h1,13-16H,4-12H2,2H3. The highest BCUT2D eigenvalue weighted by atomic mass is 15.1. The highest BCUT2D eigenvalue weighted by molar-refractivity contribution is 4.91. The van der Waals surface area contributed by atoms with E-state index in [1.54, 1.807) is 0 Å². The summed E-state index contributed by atoms with van der Waals surface area (Å²) in [4.78, 5) is 2.39. The first kappa shape index (κ1) is 12.9. The van der Waals surface area contributed by atoms with E-state index in [1.165, 1.54) is 51.6 Å². The van der Waals surface area contributed by atoms with E-state index in [9.17, 15) is 0 Å². The summed E-state index contributed by atoms with van der Waals surface area (Å²) in [6.45, 7) is 5.48. The van der Waals surface area contributed by atoms with E-state index in [2.05, 4.69) is 23.1 Å². The molecule has 1 N–H and O–H groups in total. The molecule has 0 amide bonds. The molecule has 1 saturated carbocycles. The van der Waals surface area contributed by atoms with E-state index < -0.39 is 0 Å². The molecule has 2 fully saturated rings. The average Bonchev–Trinajstić information content (AvgIpc) is 3.15. The van der Waals surface area contributed by atoms with Gasteiger partial charge in [-0.05, 0) is 31.6 Å². The van der Waals surface area contributed by atoms with Gasteiger partial charge in [0.15, 0.2) is 0 Å². The molecule has 2 nitrogen and oxygen atoms in total. The monoisotopic (exact) mass is 234 g/mol. The van der Waals surface area contributed by atoms with Gasteiger partial charge in [0.1, 0.15) is 0 Å². The zero-order chi connectivity index (χ0) is 12.1. The van der Waals surface area contributed by atoms with Gasteiger partial charge in [0.05, 0.1) is 6.54 Å². The molecule has 1 heterocycles. The molecule has 17 heavy (non-hydrogen) atoms. The predicted molar refractivity (Wildman–Crippen MR) is 72.9 cm³/mol. The second-order valence-electron chi connectivity index (χ2n) is 5.71. The van der Waals surface area contributed by atoms with Crippen molar-refractivity contribution in [1.82, 2.24) is 10.2 Å². The Morgan fingerprint density at radius 3 is 2.53 bits per heavy atom. The van der Waals surface area contributed by atoms with Crippen molar-refractivity contribution in [2.24, 2.45) is 5.92 Å². The van der Waals surface area contributed by atoms with E-state index in [-0.39, 0.29) is 0 Å². The molecular formula is C15H26N2. The van der Waals surface area contributed by atoms with E-state index >= 15 is 0 Å². The third kappa shape index (κ3) is 4.33. The summed E-state index contributed by atoms with van der Waals surface area (Å²) in [5.41, 5.74) is 0. The second kappa shape index (κ2) is 6.42. The van der Waals surface area contributed by atoms with Crippen molar-refractivity contribution in [2.45, 2.75) is 57.5 Å². The van der Waals surface area contributed by atoms with Crippen molar-refractivity contribution in [3.8, 4) is 12.3 Å². The average molecular weight is 234 g/mol. The molecule has 1 saturated heterocycles. The topological polar surface area (TPSA) is 15.3 Å². The molecule has 1 aliphatic carbocycles.